The van der Waals surface area contributed by atoms with E-state index in [1.807, 2.05) is 0 Å². The number of ether oxygens (including phenoxy) is 1. The molecule has 1 aromatic carbocycles. The van der Waals surface area contributed by atoms with E-state index in [4.69, 9.17) is 4.74 Å². The average Bonchev–Trinajstić information content (AvgIpc) is 2.39. The van der Waals surface area contributed by atoms with Crippen LogP contribution in [0.2, 0.25) is 0 Å². The standard InChI is InChI=1S/C16H27NO/c1-4-6-7-12-17-13-14(3)18-16-10-8-15(5-2)9-11-16/h8-11,14,17H,4-7,12-13H2,1-3H3. The number of hydrogen-bond acceptors (Lipinski definition) is 2. The van der Waals surface area contributed by atoms with Gasteiger partial charge in [-0.3, -0.25) is 0 Å². The molecule has 0 aliphatic heterocycles. The van der Waals surface area contributed by atoms with Crippen LogP contribution in [0, 0.1) is 0 Å². The summed E-state index contributed by atoms with van der Waals surface area (Å²) in [6.45, 7) is 8.51. The summed E-state index contributed by atoms with van der Waals surface area (Å²) in [4.78, 5) is 0. The largest absolute Gasteiger partial charge is 0.489 e. The van der Waals surface area contributed by atoms with Gasteiger partial charge < -0.3 is 10.1 Å². The van der Waals surface area contributed by atoms with Crippen molar-refractivity contribution in [2.45, 2.75) is 52.6 Å². The highest BCUT2D eigenvalue weighted by atomic mass is 16.5. The third-order valence-corrected chi connectivity index (χ3v) is 3.06. The van der Waals surface area contributed by atoms with E-state index in [1.54, 1.807) is 0 Å². The number of nitrogens with one attached hydrogen (secondary N) is 1. The van der Waals surface area contributed by atoms with Crippen LogP contribution in [0.1, 0.15) is 45.6 Å². The van der Waals surface area contributed by atoms with Crippen molar-refractivity contribution in [3.05, 3.63) is 29.8 Å². The minimum absolute atomic E-state index is 0.221. The van der Waals surface area contributed by atoms with Gasteiger partial charge in [0.15, 0.2) is 0 Å². The fourth-order valence-corrected chi connectivity index (χ4v) is 1.88. The first-order valence-electron chi connectivity index (χ1n) is 7.22. The molecule has 2 heteroatoms. The van der Waals surface area contributed by atoms with Crippen molar-refractivity contribution in [2.75, 3.05) is 13.1 Å². The molecule has 0 bridgehead atoms. The molecule has 0 fully saturated rings. The Labute approximate surface area is 112 Å². The zero-order chi connectivity index (χ0) is 13.2. The number of hydrogen-bond donors (Lipinski definition) is 1. The number of benzene rings is 1. The molecule has 1 atom stereocenters. The lowest BCUT2D eigenvalue weighted by Crippen LogP contribution is -2.29. The maximum atomic E-state index is 5.86. The van der Waals surface area contributed by atoms with E-state index in [1.165, 1.54) is 24.8 Å². The van der Waals surface area contributed by atoms with E-state index in [-0.39, 0.29) is 6.10 Å². The number of rotatable bonds is 9. The van der Waals surface area contributed by atoms with Gasteiger partial charge in [-0.2, -0.15) is 0 Å². The van der Waals surface area contributed by atoms with Gasteiger partial charge in [0, 0.05) is 6.54 Å². The summed E-state index contributed by atoms with van der Waals surface area (Å²) in [6, 6.07) is 8.40. The molecular weight excluding hydrogens is 222 g/mol. The van der Waals surface area contributed by atoms with Gasteiger partial charge in [-0.25, -0.2) is 0 Å². The quantitative estimate of drug-likeness (QED) is 0.672. The van der Waals surface area contributed by atoms with Crippen LogP contribution in [0.5, 0.6) is 5.75 Å². The highest BCUT2D eigenvalue weighted by Crippen LogP contribution is 2.13. The molecule has 0 aliphatic rings. The van der Waals surface area contributed by atoms with Crippen LogP contribution in [0.15, 0.2) is 24.3 Å². The highest BCUT2D eigenvalue weighted by Gasteiger charge is 2.03. The normalized spacial score (nSPS) is 12.4. The average molecular weight is 249 g/mol. The second-order valence-corrected chi connectivity index (χ2v) is 4.84. The third kappa shape index (κ3) is 6.06. The van der Waals surface area contributed by atoms with Crippen LogP contribution >= 0.6 is 0 Å². The fraction of sp³-hybridized carbons (Fsp3) is 0.625. The van der Waals surface area contributed by atoms with Crippen molar-refractivity contribution < 1.29 is 4.74 Å². The van der Waals surface area contributed by atoms with Gasteiger partial charge in [-0.05, 0) is 44.0 Å². The van der Waals surface area contributed by atoms with Crippen LogP contribution < -0.4 is 10.1 Å². The molecular formula is C16H27NO. The van der Waals surface area contributed by atoms with Crippen molar-refractivity contribution in [3.8, 4) is 5.75 Å². The zero-order valence-electron chi connectivity index (χ0n) is 12.0. The fourth-order valence-electron chi connectivity index (χ4n) is 1.88. The lowest BCUT2D eigenvalue weighted by molar-refractivity contribution is 0.217. The van der Waals surface area contributed by atoms with Gasteiger partial charge >= 0.3 is 0 Å². The minimum atomic E-state index is 0.221. The first-order chi connectivity index (χ1) is 8.76. The summed E-state index contributed by atoms with van der Waals surface area (Å²) >= 11 is 0. The Morgan fingerprint density at radius 1 is 1.11 bits per heavy atom. The maximum Gasteiger partial charge on any atom is 0.119 e. The zero-order valence-corrected chi connectivity index (χ0v) is 12.0. The molecule has 0 aromatic heterocycles. The lowest BCUT2D eigenvalue weighted by Gasteiger charge is -2.15. The van der Waals surface area contributed by atoms with Crippen molar-refractivity contribution >= 4 is 0 Å². The molecule has 0 spiro atoms. The van der Waals surface area contributed by atoms with E-state index in [9.17, 15) is 0 Å². The van der Waals surface area contributed by atoms with Crippen molar-refractivity contribution in [1.29, 1.82) is 0 Å². The van der Waals surface area contributed by atoms with Gasteiger partial charge in [0.1, 0.15) is 11.9 Å². The SMILES string of the molecule is CCCCCNCC(C)Oc1ccc(CC)cc1. The molecule has 102 valence electrons. The van der Waals surface area contributed by atoms with Crippen LogP contribution in [0.4, 0.5) is 0 Å². The van der Waals surface area contributed by atoms with Gasteiger partial charge in [-0.1, -0.05) is 38.8 Å². The Morgan fingerprint density at radius 2 is 1.83 bits per heavy atom. The summed E-state index contributed by atoms with van der Waals surface area (Å²) in [7, 11) is 0. The van der Waals surface area contributed by atoms with Crippen LogP contribution in [0.3, 0.4) is 0 Å². The Morgan fingerprint density at radius 3 is 2.44 bits per heavy atom. The van der Waals surface area contributed by atoms with Crippen molar-refractivity contribution in [1.82, 2.24) is 5.32 Å². The van der Waals surface area contributed by atoms with E-state index in [0.29, 0.717) is 0 Å². The molecule has 0 saturated carbocycles. The predicted molar refractivity (Wildman–Crippen MR) is 78.3 cm³/mol. The molecule has 18 heavy (non-hydrogen) atoms. The topological polar surface area (TPSA) is 21.3 Å². The van der Waals surface area contributed by atoms with Gasteiger partial charge in [0.05, 0.1) is 0 Å². The molecule has 1 rings (SSSR count). The second-order valence-electron chi connectivity index (χ2n) is 4.84. The van der Waals surface area contributed by atoms with E-state index in [0.717, 1.165) is 25.3 Å². The molecule has 0 amide bonds. The van der Waals surface area contributed by atoms with Gasteiger partial charge in [-0.15, -0.1) is 0 Å². The Hall–Kier alpha value is -1.02. The van der Waals surface area contributed by atoms with E-state index < -0.39 is 0 Å². The minimum Gasteiger partial charge on any atom is -0.489 e. The van der Waals surface area contributed by atoms with Crippen LogP contribution in [-0.4, -0.2) is 19.2 Å². The monoisotopic (exact) mass is 249 g/mol. The molecule has 0 radical (unpaired) electrons. The molecule has 0 aliphatic carbocycles. The van der Waals surface area contributed by atoms with Crippen molar-refractivity contribution in [3.63, 3.8) is 0 Å². The maximum absolute atomic E-state index is 5.86. The van der Waals surface area contributed by atoms with Gasteiger partial charge in [0.25, 0.3) is 0 Å². The third-order valence-electron chi connectivity index (χ3n) is 3.06. The van der Waals surface area contributed by atoms with Crippen LogP contribution in [0.25, 0.3) is 0 Å². The molecule has 0 saturated heterocycles. The summed E-state index contributed by atoms with van der Waals surface area (Å²) in [5.41, 5.74) is 1.35. The first-order valence-corrected chi connectivity index (χ1v) is 7.22. The Bertz CT molecular complexity index is 307. The second kappa shape index (κ2) is 8.98. The summed E-state index contributed by atoms with van der Waals surface area (Å²) in [5, 5.41) is 3.44. The van der Waals surface area contributed by atoms with Crippen molar-refractivity contribution in [2.24, 2.45) is 0 Å². The molecule has 1 aromatic rings. The van der Waals surface area contributed by atoms with E-state index >= 15 is 0 Å². The first kappa shape index (κ1) is 15.0. The highest BCUT2D eigenvalue weighted by molar-refractivity contribution is 5.27. The lowest BCUT2D eigenvalue weighted by atomic mass is 10.2. The molecule has 0 heterocycles. The Kier molecular flexibility index (Phi) is 7.51. The Balaban J connectivity index is 2.20. The van der Waals surface area contributed by atoms with Gasteiger partial charge in [0.2, 0.25) is 0 Å². The summed E-state index contributed by atoms with van der Waals surface area (Å²) in [6.07, 6.45) is 5.14. The molecule has 1 N–H and O–H groups in total. The van der Waals surface area contributed by atoms with E-state index in [2.05, 4.69) is 50.4 Å². The summed E-state index contributed by atoms with van der Waals surface area (Å²) < 4.78 is 5.86. The predicted octanol–water partition coefficient (Wildman–Crippen LogP) is 3.80. The number of unbranched alkanes of at least 4 members (excludes halogenated alkanes) is 2. The smallest absolute Gasteiger partial charge is 0.119 e. The van der Waals surface area contributed by atoms with Crippen LogP contribution in [-0.2, 0) is 6.42 Å². The molecule has 2 nitrogen and oxygen atoms in total. The number of aryl methyl sites for hydroxylation is 1. The molecule has 1 unspecified atom stereocenters. The summed E-state index contributed by atoms with van der Waals surface area (Å²) in [5.74, 6) is 0.968.